The molecule has 1 aromatic heterocycles. The van der Waals surface area contributed by atoms with Crippen molar-refractivity contribution in [2.24, 2.45) is 0 Å². The normalized spacial score (nSPS) is 12.3. The monoisotopic (exact) mass is 343 g/mol. The van der Waals surface area contributed by atoms with E-state index in [9.17, 15) is 4.39 Å². The molecule has 0 aliphatic carbocycles. The minimum atomic E-state index is -0.258. The van der Waals surface area contributed by atoms with Crippen LogP contribution in [0.25, 0.3) is 5.69 Å². The first kappa shape index (κ1) is 16.7. The van der Waals surface area contributed by atoms with Crippen molar-refractivity contribution in [3.05, 3.63) is 83.2 Å². The molecule has 0 amide bonds. The summed E-state index contributed by atoms with van der Waals surface area (Å²) in [6.07, 6.45) is 5.89. The van der Waals surface area contributed by atoms with Crippen LogP contribution in [0.4, 0.5) is 4.39 Å². The van der Waals surface area contributed by atoms with Crippen molar-refractivity contribution >= 4 is 11.6 Å². The molecular weight excluding hydrogens is 325 g/mol. The Bertz CT molecular complexity index is 785. The van der Waals surface area contributed by atoms with Gasteiger partial charge < -0.3 is 9.88 Å². The first-order valence-corrected chi connectivity index (χ1v) is 8.30. The number of halogens is 2. The molecule has 0 saturated heterocycles. The van der Waals surface area contributed by atoms with Gasteiger partial charge in [0.15, 0.2) is 0 Å². The number of nitrogens with one attached hydrogen (secondary N) is 1. The third-order valence-corrected chi connectivity index (χ3v) is 4.28. The molecule has 5 heteroatoms. The van der Waals surface area contributed by atoms with Crippen LogP contribution in [-0.4, -0.2) is 9.55 Å². The minimum absolute atomic E-state index is 0.207. The fourth-order valence-corrected chi connectivity index (χ4v) is 2.83. The van der Waals surface area contributed by atoms with E-state index in [0.717, 1.165) is 17.0 Å². The van der Waals surface area contributed by atoms with Crippen molar-refractivity contribution in [1.29, 1.82) is 0 Å². The summed E-state index contributed by atoms with van der Waals surface area (Å²) in [5.74, 6) is -0.258. The molecule has 24 heavy (non-hydrogen) atoms. The summed E-state index contributed by atoms with van der Waals surface area (Å²) < 4.78 is 16.0. The lowest BCUT2D eigenvalue weighted by molar-refractivity contribution is 0.517. The number of rotatable bonds is 6. The standard InChI is InChI=1S/C19H19ClFN3/c1-2-18(15-4-6-16(20)7-5-15)23-12-14-3-8-19(17(21)11-14)24-10-9-22-13-24/h3-11,13,18,23H,2,12H2,1H3. The van der Waals surface area contributed by atoms with Crippen LogP contribution in [0.1, 0.15) is 30.5 Å². The van der Waals surface area contributed by atoms with E-state index in [4.69, 9.17) is 11.6 Å². The molecule has 0 radical (unpaired) electrons. The average molecular weight is 344 g/mol. The summed E-state index contributed by atoms with van der Waals surface area (Å²) in [4.78, 5) is 3.95. The molecule has 0 bridgehead atoms. The predicted molar refractivity (Wildman–Crippen MR) is 94.8 cm³/mol. The third kappa shape index (κ3) is 3.83. The summed E-state index contributed by atoms with van der Waals surface area (Å²) >= 11 is 5.94. The Morgan fingerprint density at radius 2 is 2.00 bits per heavy atom. The zero-order valence-electron chi connectivity index (χ0n) is 13.4. The summed E-state index contributed by atoms with van der Waals surface area (Å²) in [5.41, 5.74) is 2.59. The number of hydrogen-bond acceptors (Lipinski definition) is 2. The first-order chi connectivity index (χ1) is 11.7. The van der Waals surface area contributed by atoms with E-state index in [2.05, 4.69) is 17.2 Å². The van der Waals surface area contributed by atoms with Crippen molar-refractivity contribution in [2.75, 3.05) is 0 Å². The van der Waals surface area contributed by atoms with Gasteiger partial charge in [0.2, 0.25) is 0 Å². The molecule has 0 aliphatic heterocycles. The molecule has 0 spiro atoms. The molecule has 0 fully saturated rings. The maximum atomic E-state index is 14.3. The van der Waals surface area contributed by atoms with Gasteiger partial charge in [-0.15, -0.1) is 0 Å². The SMILES string of the molecule is CCC(NCc1ccc(-n2ccnc2)c(F)c1)c1ccc(Cl)cc1. The van der Waals surface area contributed by atoms with Crippen molar-refractivity contribution in [2.45, 2.75) is 25.9 Å². The van der Waals surface area contributed by atoms with Crippen LogP contribution in [0.5, 0.6) is 0 Å². The highest BCUT2D eigenvalue weighted by atomic mass is 35.5. The second kappa shape index (κ2) is 7.60. The lowest BCUT2D eigenvalue weighted by Crippen LogP contribution is -2.20. The van der Waals surface area contributed by atoms with E-state index in [1.54, 1.807) is 35.4 Å². The second-order valence-corrected chi connectivity index (χ2v) is 6.09. The van der Waals surface area contributed by atoms with Crippen LogP contribution in [0.2, 0.25) is 5.02 Å². The van der Waals surface area contributed by atoms with Gasteiger partial charge >= 0.3 is 0 Å². The molecule has 3 rings (SSSR count). The Morgan fingerprint density at radius 1 is 1.21 bits per heavy atom. The number of aromatic nitrogens is 2. The summed E-state index contributed by atoms with van der Waals surface area (Å²) in [5, 5.41) is 4.20. The second-order valence-electron chi connectivity index (χ2n) is 5.65. The lowest BCUT2D eigenvalue weighted by Gasteiger charge is -2.18. The summed E-state index contributed by atoms with van der Waals surface area (Å²) in [7, 11) is 0. The first-order valence-electron chi connectivity index (χ1n) is 7.93. The minimum Gasteiger partial charge on any atom is -0.306 e. The maximum Gasteiger partial charge on any atom is 0.147 e. The molecule has 1 heterocycles. The van der Waals surface area contributed by atoms with E-state index in [1.165, 1.54) is 5.56 Å². The van der Waals surface area contributed by atoms with E-state index < -0.39 is 0 Å². The molecule has 1 N–H and O–H groups in total. The molecule has 0 aliphatic rings. The molecule has 3 aromatic rings. The molecule has 3 nitrogen and oxygen atoms in total. The number of hydrogen-bond donors (Lipinski definition) is 1. The van der Waals surface area contributed by atoms with Gasteiger partial charge in [-0.05, 0) is 41.8 Å². The largest absolute Gasteiger partial charge is 0.306 e. The van der Waals surface area contributed by atoms with Crippen molar-refractivity contribution in [3.8, 4) is 5.69 Å². The van der Waals surface area contributed by atoms with Crippen molar-refractivity contribution < 1.29 is 4.39 Å². The van der Waals surface area contributed by atoms with E-state index in [0.29, 0.717) is 12.2 Å². The summed E-state index contributed by atoms with van der Waals surface area (Å²) in [6, 6.07) is 13.3. The number of nitrogens with zero attached hydrogens (tertiary/aromatic N) is 2. The Morgan fingerprint density at radius 3 is 2.62 bits per heavy atom. The number of benzene rings is 2. The maximum absolute atomic E-state index is 14.3. The fourth-order valence-electron chi connectivity index (χ4n) is 2.71. The zero-order valence-corrected chi connectivity index (χ0v) is 14.2. The summed E-state index contributed by atoms with van der Waals surface area (Å²) in [6.45, 7) is 2.72. The highest BCUT2D eigenvalue weighted by Gasteiger charge is 2.10. The van der Waals surface area contributed by atoms with Gasteiger partial charge in [-0.2, -0.15) is 0 Å². The molecule has 1 atom stereocenters. The van der Waals surface area contributed by atoms with Gasteiger partial charge in [0, 0.05) is 30.0 Å². The average Bonchev–Trinajstić information content (AvgIpc) is 3.11. The van der Waals surface area contributed by atoms with Gasteiger partial charge in [0.1, 0.15) is 5.82 Å². The van der Waals surface area contributed by atoms with E-state index in [-0.39, 0.29) is 11.9 Å². The molecule has 124 valence electrons. The highest BCUT2D eigenvalue weighted by Crippen LogP contribution is 2.20. The van der Waals surface area contributed by atoms with Gasteiger partial charge in [0.25, 0.3) is 0 Å². The third-order valence-electron chi connectivity index (χ3n) is 4.03. The fraction of sp³-hybridized carbons (Fsp3) is 0.211. The van der Waals surface area contributed by atoms with Gasteiger partial charge in [-0.3, -0.25) is 0 Å². The Balaban J connectivity index is 1.69. The Hall–Kier alpha value is -2.17. The number of imidazole rings is 1. The predicted octanol–water partition coefficient (Wildman–Crippen LogP) is 4.91. The molecule has 1 unspecified atom stereocenters. The van der Waals surface area contributed by atoms with Gasteiger partial charge in [-0.1, -0.05) is 36.7 Å². The van der Waals surface area contributed by atoms with E-state index in [1.807, 2.05) is 30.3 Å². The molecular formula is C19H19ClFN3. The smallest absolute Gasteiger partial charge is 0.147 e. The van der Waals surface area contributed by atoms with Crippen LogP contribution >= 0.6 is 11.6 Å². The Labute approximate surface area is 146 Å². The van der Waals surface area contributed by atoms with Crippen LogP contribution in [-0.2, 0) is 6.54 Å². The quantitative estimate of drug-likeness (QED) is 0.689. The topological polar surface area (TPSA) is 29.9 Å². The van der Waals surface area contributed by atoms with Crippen LogP contribution in [0.15, 0.2) is 61.2 Å². The van der Waals surface area contributed by atoms with Crippen molar-refractivity contribution in [1.82, 2.24) is 14.9 Å². The van der Waals surface area contributed by atoms with Gasteiger partial charge in [-0.25, -0.2) is 9.37 Å². The van der Waals surface area contributed by atoms with Crippen molar-refractivity contribution in [3.63, 3.8) is 0 Å². The van der Waals surface area contributed by atoms with Crippen LogP contribution in [0, 0.1) is 5.82 Å². The lowest BCUT2D eigenvalue weighted by atomic mass is 10.0. The van der Waals surface area contributed by atoms with Crippen LogP contribution in [0.3, 0.4) is 0 Å². The Kier molecular flexibility index (Phi) is 5.28. The molecule has 2 aromatic carbocycles. The van der Waals surface area contributed by atoms with Crippen LogP contribution < -0.4 is 5.32 Å². The van der Waals surface area contributed by atoms with E-state index >= 15 is 0 Å². The zero-order chi connectivity index (χ0) is 16.9. The molecule has 0 saturated carbocycles. The highest BCUT2D eigenvalue weighted by molar-refractivity contribution is 6.30. The van der Waals surface area contributed by atoms with Gasteiger partial charge in [0.05, 0.1) is 12.0 Å².